The molecule has 0 bridgehead atoms. The van der Waals surface area contributed by atoms with E-state index in [2.05, 4.69) is 50.5 Å². The highest BCUT2D eigenvalue weighted by Gasteiger charge is 2.27. The first kappa shape index (κ1) is 29.0. The number of aromatic nitrogens is 1. The number of benzene rings is 1. The smallest absolute Gasteiger partial charge is 0.254 e. The summed E-state index contributed by atoms with van der Waals surface area (Å²) in [6, 6.07) is 8.67. The Morgan fingerprint density at radius 3 is 2.54 bits per heavy atom. The van der Waals surface area contributed by atoms with Crippen LogP contribution in [0.5, 0.6) is 0 Å². The molecule has 0 spiro atoms. The van der Waals surface area contributed by atoms with Gasteiger partial charge in [0.1, 0.15) is 5.82 Å². The minimum atomic E-state index is -0.443. The third-order valence-electron chi connectivity index (χ3n) is 8.47. The number of aliphatic imine (C=N–C) groups is 1. The van der Waals surface area contributed by atoms with Crippen LogP contribution in [0, 0.1) is 12.8 Å². The molecule has 1 atom stereocenters. The zero-order valence-electron chi connectivity index (χ0n) is 24.7. The monoisotopic (exact) mass is 558 g/mol. The number of piperazine rings is 1. The predicted octanol–water partition coefficient (Wildman–Crippen LogP) is 3.77. The highest BCUT2D eigenvalue weighted by atomic mass is 16.5. The van der Waals surface area contributed by atoms with Crippen LogP contribution in [0.3, 0.4) is 0 Å². The van der Waals surface area contributed by atoms with Crippen molar-refractivity contribution in [2.24, 2.45) is 10.9 Å². The fourth-order valence-corrected chi connectivity index (χ4v) is 6.11. The maximum absolute atomic E-state index is 13.7. The molecule has 2 amide bonds. The SMILES string of the molecule is CCN(c1cc(-c2ccc(N3CCNCC3)nc2)cc(C(=O)NCC2C(=O)N=C(C)C=C2C)c1C)C1CCOCC1. The molecule has 1 aromatic heterocycles. The second-order valence-corrected chi connectivity index (χ2v) is 11.2. The zero-order chi connectivity index (χ0) is 28.9. The molecular weight excluding hydrogens is 516 g/mol. The number of nitrogens with zero attached hydrogens (tertiary/aromatic N) is 4. The standard InChI is InChI=1S/C32H42N6O3/c1-5-38(26-8-14-41-15-9-26)29-18-25(24-6-7-30(34-19-24)37-12-10-33-11-13-37)17-27(23(29)4)31(39)35-20-28-21(2)16-22(3)36-32(28)40/h6-7,16-19,26,28,33H,5,8-15,20H2,1-4H3,(H,35,39). The molecule has 2 fully saturated rings. The Morgan fingerprint density at radius 2 is 1.88 bits per heavy atom. The van der Waals surface area contributed by atoms with E-state index in [0.717, 1.165) is 92.5 Å². The summed E-state index contributed by atoms with van der Waals surface area (Å²) in [5, 5.41) is 6.43. The number of amides is 2. The Hall–Kier alpha value is -3.56. The van der Waals surface area contributed by atoms with E-state index >= 15 is 0 Å². The van der Waals surface area contributed by atoms with Gasteiger partial charge in [0.2, 0.25) is 0 Å². The van der Waals surface area contributed by atoms with Gasteiger partial charge in [-0.25, -0.2) is 9.98 Å². The maximum atomic E-state index is 13.7. The van der Waals surface area contributed by atoms with E-state index in [4.69, 9.17) is 9.72 Å². The molecule has 1 unspecified atom stereocenters. The molecule has 2 N–H and O–H groups in total. The molecule has 0 radical (unpaired) electrons. The largest absolute Gasteiger partial charge is 0.381 e. The summed E-state index contributed by atoms with van der Waals surface area (Å²) in [6.45, 7) is 14.2. The van der Waals surface area contributed by atoms with Crippen molar-refractivity contribution < 1.29 is 14.3 Å². The van der Waals surface area contributed by atoms with Crippen LogP contribution in [0.15, 0.2) is 47.1 Å². The number of pyridine rings is 1. The molecule has 218 valence electrons. The minimum Gasteiger partial charge on any atom is -0.381 e. The van der Waals surface area contributed by atoms with E-state index in [1.807, 2.05) is 39.1 Å². The summed E-state index contributed by atoms with van der Waals surface area (Å²) in [6.07, 6.45) is 5.73. The van der Waals surface area contributed by atoms with Gasteiger partial charge in [-0.2, -0.15) is 0 Å². The molecule has 0 saturated carbocycles. The molecule has 1 aromatic carbocycles. The Morgan fingerprint density at radius 1 is 1.12 bits per heavy atom. The number of dihydropyridines is 1. The predicted molar refractivity (Wildman–Crippen MR) is 164 cm³/mol. The number of hydrogen-bond donors (Lipinski definition) is 2. The third-order valence-corrected chi connectivity index (χ3v) is 8.47. The lowest BCUT2D eigenvalue weighted by molar-refractivity contribution is -0.120. The van der Waals surface area contributed by atoms with Gasteiger partial charge in [-0.3, -0.25) is 9.59 Å². The number of allylic oxidation sites excluding steroid dienone is 1. The lowest BCUT2D eigenvalue weighted by Crippen LogP contribution is -2.43. The Balaban J connectivity index is 1.46. The summed E-state index contributed by atoms with van der Waals surface area (Å²) in [4.78, 5) is 39.9. The molecule has 9 heteroatoms. The first-order valence-electron chi connectivity index (χ1n) is 14.8. The number of rotatable bonds is 8. The number of carbonyl (C=O) groups excluding carboxylic acids is 2. The lowest BCUT2D eigenvalue weighted by atomic mass is 9.94. The van der Waals surface area contributed by atoms with Gasteiger partial charge in [0.15, 0.2) is 0 Å². The van der Waals surface area contributed by atoms with Crippen LogP contribution in [0.25, 0.3) is 11.1 Å². The molecule has 2 aromatic rings. The second-order valence-electron chi connectivity index (χ2n) is 11.2. The lowest BCUT2D eigenvalue weighted by Gasteiger charge is -2.37. The molecule has 3 aliphatic heterocycles. The van der Waals surface area contributed by atoms with Crippen LogP contribution in [-0.4, -0.2) is 81.0 Å². The number of hydrogen-bond acceptors (Lipinski definition) is 7. The van der Waals surface area contributed by atoms with E-state index in [9.17, 15) is 9.59 Å². The fraction of sp³-hybridized carbons (Fsp3) is 0.500. The number of ether oxygens (including phenoxy) is 1. The zero-order valence-corrected chi connectivity index (χ0v) is 24.7. The Labute approximate surface area is 243 Å². The van der Waals surface area contributed by atoms with Crippen molar-refractivity contribution in [3.05, 3.63) is 53.2 Å². The van der Waals surface area contributed by atoms with Crippen LogP contribution < -0.4 is 20.4 Å². The summed E-state index contributed by atoms with van der Waals surface area (Å²) in [5.74, 6) is 0.130. The van der Waals surface area contributed by atoms with Gasteiger partial charge < -0.3 is 25.2 Å². The van der Waals surface area contributed by atoms with E-state index in [1.165, 1.54) is 0 Å². The summed E-state index contributed by atoms with van der Waals surface area (Å²) >= 11 is 0. The van der Waals surface area contributed by atoms with Gasteiger partial charge in [0.05, 0.1) is 5.92 Å². The van der Waals surface area contributed by atoms with Crippen LogP contribution in [-0.2, 0) is 9.53 Å². The van der Waals surface area contributed by atoms with Crippen molar-refractivity contribution in [1.29, 1.82) is 0 Å². The third kappa shape index (κ3) is 6.52. The molecule has 2 saturated heterocycles. The fourth-order valence-electron chi connectivity index (χ4n) is 6.11. The highest BCUT2D eigenvalue weighted by Crippen LogP contribution is 2.34. The highest BCUT2D eigenvalue weighted by molar-refractivity contribution is 6.06. The summed E-state index contributed by atoms with van der Waals surface area (Å²) < 4.78 is 5.64. The average Bonchev–Trinajstić information content (AvgIpc) is 2.99. The second kappa shape index (κ2) is 13.0. The van der Waals surface area contributed by atoms with Gasteiger partial charge in [0.25, 0.3) is 11.8 Å². The molecule has 9 nitrogen and oxygen atoms in total. The molecule has 5 rings (SSSR count). The van der Waals surface area contributed by atoms with Crippen molar-refractivity contribution >= 4 is 29.0 Å². The van der Waals surface area contributed by atoms with Gasteiger partial charge in [0, 0.05) is 87.2 Å². The minimum absolute atomic E-state index is 0.189. The molecule has 4 heterocycles. The quantitative estimate of drug-likeness (QED) is 0.509. The average molecular weight is 559 g/mol. The van der Waals surface area contributed by atoms with Crippen molar-refractivity contribution in [2.75, 3.05) is 62.3 Å². The van der Waals surface area contributed by atoms with Crippen LogP contribution in [0.4, 0.5) is 11.5 Å². The number of carbonyl (C=O) groups is 2. The van der Waals surface area contributed by atoms with E-state index in [0.29, 0.717) is 17.3 Å². The number of anilines is 2. The van der Waals surface area contributed by atoms with E-state index in [1.54, 1.807) is 0 Å². The van der Waals surface area contributed by atoms with Crippen LogP contribution in [0.1, 0.15) is 49.5 Å². The summed E-state index contributed by atoms with van der Waals surface area (Å²) in [7, 11) is 0. The van der Waals surface area contributed by atoms with Crippen molar-refractivity contribution in [3.63, 3.8) is 0 Å². The summed E-state index contributed by atoms with van der Waals surface area (Å²) in [5.41, 5.74) is 6.13. The van der Waals surface area contributed by atoms with Gasteiger partial charge in [-0.05, 0) is 82.0 Å². The normalized spacial score (nSPS) is 20.0. The number of nitrogens with one attached hydrogen (secondary N) is 2. The van der Waals surface area contributed by atoms with Gasteiger partial charge in [-0.1, -0.05) is 5.57 Å². The van der Waals surface area contributed by atoms with Crippen LogP contribution in [0.2, 0.25) is 0 Å². The van der Waals surface area contributed by atoms with Gasteiger partial charge >= 0.3 is 0 Å². The Bertz CT molecular complexity index is 1320. The molecule has 0 aliphatic carbocycles. The van der Waals surface area contributed by atoms with Crippen LogP contribution >= 0.6 is 0 Å². The van der Waals surface area contributed by atoms with E-state index in [-0.39, 0.29) is 18.4 Å². The van der Waals surface area contributed by atoms with E-state index < -0.39 is 5.92 Å². The van der Waals surface area contributed by atoms with Crippen molar-refractivity contribution in [2.45, 2.75) is 46.6 Å². The maximum Gasteiger partial charge on any atom is 0.254 e. The topological polar surface area (TPSA) is 99.2 Å². The van der Waals surface area contributed by atoms with Crippen molar-refractivity contribution in [3.8, 4) is 11.1 Å². The Kier molecular flexibility index (Phi) is 9.15. The first-order valence-corrected chi connectivity index (χ1v) is 14.8. The van der Waals surface area contributed by atoms with Crippen molar-refractivity contribution in [1.82, 2.24) is 15.6 Å². The first-order chi connectivity index (χ1) is 19.9. The molecule has 3 aliphatic rings. The molecule has 41 heavy (non-hydrogen) atoms. The molecular formula is C32H42N6O3. The van der Waals surface area contributed by atoms with Gasteiger partial charge in [-0.15, -0.1) is 0 Å².